The fourth-order valence-corrected chi connectivity index (χ4v) is 2.88. The number of aromatic nitrogens is 2. The lowest BCUT2D eigenvalue weighted by Crippen LogP contribution is -2.13. The van der Waals surface area contributed by atoms with Gasteiger partial charge in [0.1, 0.15) is 11.9 Å². The highest BCUT2D eigenvalue weighted by Gasteiger charge is 2.36. The fraction of sp³-hybridized carbons (Fsp3) is 0.500. The minimum Gasteiger partial charge on any atom is -0.368 e. The number of rotatable bonds is 3. The summed E-state index contributed by atoms with van der Waals surface area (Å²) in [7, 11) is 0. The summed E-state index contributed by atoms with van der Waals surface area (Å²) in [6.07, 6.45) is 0.847. The van der Waals surface area contributed by atoms with Crippen LogP contribution in [0.3, 0.4) is 0 Å². The van der Waals surface area contributed by atoms with Crippen molar-refractivity contribution < 1.29 is 13.7 Å². The van der Waals surface area contributed by atoms with Crippen LogP contribution in [0.15, 0.2) is 22.7 Å². The SMILES string of the molecule is Cc1cc(F)cc(-c2noc([C@H]3OCC[C@H]3C(C)C)n2)c1. The van der Waals surface area contributed by atoms with E-state index in [-0.39, 0.29) is 11.9 Å². The summed E-state index contributed by atoms with van der Waals surface area (Å²) in [5, 5.41) is 3.97. The van der Waals surface area contributed by atoms with Crippen LogP contribution in [-0.2, 0) is 4.74 Å². The average molecular weight is 290 g/mol. The molecule has 1 fully saturated rings. The van der Waals surface area contributed by atoms with E-state index in [1.807, 2.05) is 13.0 Å². The largest absolute Gasteiger partial charge is 0.368 e. The van der Waals surface area contributed by atoms with E-state index in [1.54, 1.807) is 0 Å². The molecule has 3 rings (SSSR count). The summed E-state index contributed by atoms with van der Waals surface area (Å²) < 4.78 is 24.6. The monoisotopic (exact) mass is 290 g/mol. The standard InChI is InChI=1S/C16H19FN2O2/c1-9(2)13-4-5-20-14(13)16-18-15(19-21-16)11-6-10(3)7-12(17)8-11/h6-9,13-14H,4-5H2,1-3H3/t13-,14-/m0/s1. The number of hydrogen-bond acceptors (Lipinski definition) is 4. The minimum absolute atomic E-state index is 0.152. The molecule has 1 aromatic carbocycles. The molecule has 5 heteroatoms. The normalized spacial score (nSPS) is 22.1. The van der Waals surface area contributed by atoms with Crippen LogP contribution in [0.25, 0.3) is 11.4 Å². The molecule has 0 radical (unpaired) electrons. The molecule has 0 bridgehead atoms. The van der Waals surface area contributed by atoms with Crippen LogP contribution in [0, 0.1) is 24.6 Å². The van der Waals surface area contributed by atoms with E-state index in [4.69, 9.17) is 9.26 Å². The molecular weight excluding hydrogens is 271 g/mol. The lowest BCUT2D eigenvalue weighted by Gasteiger charge is -2.18. The molecule has 2 atom stereocenters. The van der Waals surface area contributed by atoms with E-state index in [2.05, 4.69) is 24.0 Å². The Kier molecular flexibility index (Phi) is 3.76. The maximum atomic E-state index is 13.5. The number of ether oxygens (including phenoxy) is 1. The molecule has 0 amide bonds. The number of benzene rings is 1. The van der Waals surface area contributed by atoms with Gasteiger partial charge in [-0.15, -0.1) is 0 Å². The van der Waals surface area contributed by atoms with Crippen LogP contribution in [0.4, 0.5) is 4.39 Å². The van der Waals surface area contributed by atoms with Crippen molar-refractivity contribution in [2.24, 2.45) is 11.8 Å². The van der Waals surface area contributed by atoms with Crippen LogP contribution < -0.4 is 0 Å². The van der Waals surface area contributed by atoms with Gasteiger partial charge in [-0.3, -0.25) is 0 Å². The predicted octanol–water partition coefficient (Wildman–Crippen LogP) is 3.92. The summed E-state index contributed by atoms with van der Waals surface area (Å²) in [6.45, 7) is 6.88. The smallest absolute Gasteiger partial charge is 0.256 e. The number of hydrogen-bond donors (Lipinski definition) is 0. The molecule has 2 aromatic rings. The first-order chi connectivity index (χ1) is 10.0. The second-order valence-electron chi connectivity index (χ2n) is 5.96. The van der Waals surface area contributed by atoms with Crippen molar-refractivity contribution in [1.29, 1.82) is 0 Å². The molecule has 2 heterocycles. The molecule has 112 valence electrons. The van der Waals surface area contributed by atoms with Gasteiger partial charge >= 0.3 is 0 Å². The maximum Gasteiger partial charge on any atom is 0.256 e. The third-order valence-corrected chi connectivity index (χ3v) is 3.98. The van der Waals surface area contributed by atoms with Gasteiger partial charge in [-0.1, -0.05) is 19.0 Å². The van der Waals surface area contributed by atoms with E-state index in [0.29, 0.717) is 35.7 Å². The number of aryl methyl sites for hydroxylation is 1. The second kappa shape index (κ2) is 5.56. The quantitative estimate of drug-likeness (QED) is 0.859. The molecule has 0 unspecified atom stereocenters. The second-order valence-corrected chi connectivity index (χ2v) is 5.96. The van der Waals surface area contributed by atoms with Gasteiger partial charge in [-0.05, 0) is 48.9 Å². The van der Waals surface area contributed by atoms with E-state index >= 15 is 0 Å². The topological polar surface area (TPSA) is 48.2 Å². The zero-order chi connectivity index (χ0) is 15.0. The predicted molar refractivity (Wildman–Crippen MR) is 76.1 cm³/mol. The Morgan fingerprint density at radius 1 is 1.29 bits per heavy atom. The van der Waals surface area contributed by atoms with E-state index < -0.39 is 0 Å². The molecule has 1 aromatic heterocycles. The van der Waals surface area contributed by atoms with E-state index in [1.165, 1.54) is 12.1 Å². The first-order valence-corrected chi connectivity index (χ1v) is 7.27. The van der Waals surface area contributed by atoms with E-state index in [9.17, 15) is 4.39 Å². The summed E-state index contributed by atoms with van der Waals surface area (Å²) in [5.74, 6) is 1.47. The summed E-state index contributed by atoms with van der Waals surface area (Å²) in [5.41, 5.74) is 1.45. The van der Waals surface area contributed by atoms with Gasteiger partial charge in [-0.25, -0.2) is 4.39 Å². The summed E-state index contributed by atoms with van der Waals surface area (Å²) in [4.78, 5) is 4.41. The van der Waals surface area contributed by atoms with Crippen molar-refractivity contribution in [2.75, 3.05) is 6.61 Å². The molecule has 1 aliphatic rings. The van der Waals surface area contributed by atoms with Crippen molar-refractivity contribution in [2.45, 2.75) is 33.3 Å². The average Bonchev–Trinajstić information content (AvgIpc) is 3.06. The molecule has 0 aliphatic carbocycles. The first-order valence-electron chi connectivity index (χ1n) is 7.27. The number of halogens is 1. The van der Waals surface area contributed by atoms with Gasteiger partial charge in [0.2, 0.25) is 5.82 Å². The van der Waals surface area contributed by atoms with Crippen LogP contribution in [0.2, 0.25) is 0 Å². The molecule has 0 N–H and O–H groups in total. The molecule has 0 spiro atoms. The van der Waals surface area contributed by atoms with Gasteiger partial charge in [0.05, 0.1) is 0 Å². The van der Waals surface area contributed by atoms with Crippen molar-refractivity contribution in [3.8, 4) is 11.4 Å². The fourth-order valence-electron chi connectivity index (χ4n) is 2.88. The highest BCUT2D eigenvalue weighted by Crippen LogP contribution is 2.38. The van der Waals surface area contributed by atoms with Crippen LogP contribution >= 0.6 is 0 Å². The van der Waals surface area contributed by atoms with Crippen molar-refractivity contribution in [1.82, 2.24) is 10.1 Å². The Hall–Kier alpha value is -1.75. The summed E-state index contributed by atoms with van der Waals surface area (Å²) >= 11 is 0. The van der Waals surface area contributed by atoms with Crippen LogP contribution in [0.1, 0.15) is 37.8 Å². The first kappa shape index (κ1) is 14.2. The highest BCUT2D eigenvalue weighted by molar-refractivity contribution is 5.55. The van der Waals surface area contributed by atoms with Crippen molar-refractivity contribution >= 4 is 0 Å². The Morgan fingerprint density at radius 3 is 2.81 bits per heavy atom. The van der Waals surface area contributed by atoms with E-state index in [0.717, 1.165) is 12.0 Å². The molecule has 4 nitrogen and oxygen atoms in total. The maximum absolute atomic E-state index is 13.5. The van der Waals surface area contributed by atoms with Crippen LogP contribution in [-0.4, -0.2) is 16.7 Å². The lowest BCUT2D eigenvalue weighted by atomic mass is 9.89. The zero-order valence-electron chi connectivity index (χ0n) is 12.5. The third kappa shape index (κ3) is 2.83. The molecule has 1 aliphatic heterocycles. The van der Waals surface area contributed by atoms with Crippen LogP contribution in [0.5, 0.6) is 0 Å². The Morgan fingerprint density at radius 2 is 2.10 bits per heavy atom. The van der Waals surface area contributed by atoms with Crippen molar-refractivity contribution in [3.05, 3.63) is 35.5 Å². The summed E-state index contributed by atoms with van der Waals surface area (Å²) in [6, 6.07) is 4.73. The zero-order valence-corrected chi connectivity index (χ0v) is 12.5. The van der Waals surface area contributed by atoms with Crippen molar-refractivity contribution in [3.63, 3.8) is 0 Å². The van der Waals surface area contributed by atoms with Gasteiger partial charge in [0.25, 0.3) is 5.89 Å². The molecular formula is C16H19FN2O2. The Labute approximate surface area is 123 Å². The van der Waals surface area contributed by atoms with Gasteiger partial charge < -0.3 is 9.26 Å². The Balaban J connectivity index is 1.89. The van der Waals surface area contributed by atoms with Gasteiger partial charge in [0.15, 0.2) is 0 Å². The van der Waals surface area contributed by atoms with Gasteiger partial charge in [-0.2, -0.15) is 4.98 Å². The third-order valence-electron chi connectivity index (χ3n) is 3.98. The Bertz CT molecular complexity index is 619. The highest BCUT2D eigenvalue weighted by atomic mass is 19.1. The molecule has 1 saturated heterocycles. The number of nitrogens with zero attached hydrogens (tertiary/aromatic N) is 2. The van der Waals surface area contributed by atoms with Gasteiger partial charge in [0, 0.05) is 12.2 Å². The minimum atomic E-state index is -0.298. The molecule has 21 heavy (non-hydrogen) atoms. The molecule has 0 saturated carbocycles. The lowest BCUT2D eigenvalue weighted by molar-refractivity contribution is 0.0520.